The van der Waals surface area contributed by atoms with Crippen molar-refractivity contribution in [2.45, 2.75) is 18.9 Å². The molecule has 1 rings (SSSR count). The summed E-state index contributed by atoms with van der Waals surface area (Å²) in [6.07, 6.45) is 7.16. The SMILES string of the molecule is C#CCC(N)C1CCSC1. The summed E-state index contributed by atoms with van der Waals surface area (Å²) >= 11 is 1.99. The van der Waals surface area contributed by atoms with Crippen LogP contribution in [0.3, 0.4) is 0 Å². The van der Waals surface area contributed by atoms with Gasteiger partial charge in [0.15, 0.2) is 0 Å². The van der Waals surface area contributed by atoms with Crippen LogP contribution in [0.4, 0.5) is 0 Å². The topological polar surface area (TPSA) is 26.0 Å². The summed E-state index contributed by atoms with van der Waals surface area (Å²) in [7, 11) is 0. The number of rotatable bonds is 2. The van der Waals surface area contributed by atoms with E-state index in [1.807, 2.05) is 11.8 Å². The molecule has 0 bridgehead atoms. The van der Waals surface area contributed by atoms with Crippen LogP contribution in [0.15, 0.2) is 0 Å². The van der Waals surface area contributed by atoms with E-state index >= 15 is 0 Å². The monoisotopic (exact) mass is 155 g/mol. The fraction of sp³-hybridized carbons (Fsp3) is 0.750. The van der Waals surface area contributed by atoms with E-state index in [0.717, 1.165) is 6.42 Å². The predicted octanol–water partition coefficient (Wildman–Crippen LogP) is 1.09. The van der Waals surface area contributed by atoms with Crippen LogP contribution in [0.5, 0.6) is 0 Å². The Labute approximate surface area is 66.8 Å². The van der Waals surface area contributed by atoms with Gasteiger partial charge < -0.3 is 5.73 Å². The molecule has 1 fully saturated rings. The molecule has 0 radical (unpaired) electrons. The molecule has 1 heterocycles. The van der Waals surface area contributed by atoms with Crippen molar-refractivity contribution in [3.05, 3.63) is 0 Å². The average molecular weight is 155 g/mol. The minimum atomic E-state index is 0.250. The third-order valence-corrected chi connectivity index (χ3v) is 3.11. The van der Waals surface area contributed by atoms with Crippen molar-refractivity contribution in [3.63, 3.8) is 0 Å². The zero-order chi connectivity index (χ0) is 7.40. The average Bonchev–Trinajstić information content (AvgIpc) is 2.38. The van der Waals surface area contributed by atoms with Crippen LogP contribution >= 0.6 is 11.8 Å². The first-order valence-electron chi connectivity index (χ1n) is 3.61. The zero-order valence-electron chi connectivity index (χ0n) is 6.05. The molecule has 0 saturated carbocycles. The number of hydrogen-bond donors (Lipinski definition) is 1. The van der Waals surface area contributed by atoms with Gasteiger partial charge in [-0.25, -0.2) is 0 Å². The van der Waals surface area contributed by atoms with Gasteiger partial charge in [0.25, 0.3) is 0 Å². The maximum absolute atomic E-state index is 5.83. The summed E-state index contributed by atoms with van der Waals surface area (Å²) in [5.74, 6) is 5.77. The summed E-state index contributed by atoms with van der Waals surface area (Å²) in [6.45, 7) is 0. The molecule has 0 spiro atoms. The van der Waals surface area contributed by atoms with Gasteiger partial charge >= 0.3 is 0 Å². The van der Waals surface area contributed by atoms with Crippen molar-refractivity contribution in [2.75, 3.05) is 11.5 Å². The Morgan fingerprint density at radius 1 is 1.80 bits per heavy atom. The first-order valence-corrected chi connectivity index (χ1v) is 4.77. The number of thioether (sulfide) groups is 1. The van der Waals surface area contributed by atoms with Crippen LogP contribution in [0.1, 0.15) is 12.8 Å². The smallest absolute Gasteiger partial charge is 0.0241 e. The number of hydrogen-bond acceptors (Lipinski definition) is 2. The summed E-state index contributed by atoms with van der Waals surface area (Å²) < 4.78 is 0. The highest BCUT2D eigenvalue weighted by atomic mass is 32.2. The molecule has 0 aliphatic carbocycles. The van der Waals surface area contributed by atoms with E-state index in [4.69, 9.17) is 12.2 Å². The van der Waals surface area contributed by atoms with Gasteiger partial charge in [-0.05, 0) is 23.8 Å². The summed E-state index contributed by atoms with van der Waals surface area (Å²) in [4.78, 5) is 0. The Bertz CT molecular complexity index is 133. The Morgan fingerprint density at radius 2 is 2.60 bits per heavy atom. The first kappa shape index (κ1) is 7.97. The lowest BCUT2D eigenvalue weighted by Crippen LogP contribution is -2.29. The molecule has 2 unspecified atom stereocenters. The summed E-state index contributed by atoms with van der Waals surface area (Å²) in [5.41, 5.74) is 5.83. The van der Waals surface area contributed by atoms with Crippen LogP contribution in [0.2, 0.25) is 0 Å². The van der Waals surface area contributed by atoms with E-state index in [1.54, 1.807) is 0 Å². The molecule has 0 amide bonds. The molecule has 1 nitrogen and oxygen atoms in total. The van der Waals surface area contributed by atoms with E-state index in [-0.39, 0.29) is 6.04 Å². The molecular formula is C8H13NS. The van der Waals surface area contributed by atoms with E-state index in [2.05, 4.69) is 5.92 Å². The second kappa shape index (κ2) is 3.90. The van der Waals surface area contributed by atoms with Crippen LogP contribution in [-0.4, -0.2) is 17.5 Å². The molecule has 2 atom stereocenters. The second-order valence-electron chi connectivity index (χ2n) is 2.70. The van der Waals surface area contributed by atoms with Crippen LogP contribution in [-0.2, 0) is 0 Å². The van der Waals surface area contributed by atoms with Gasteiger partial charge in [0.2, 0.25) is 0 Å². The molecule has 2 heteroatoms. The Balaban J connectivity index is 2.26. The third-order valence-electron chi connectivity index (χ3n) is 1.92. The molecule has 1 aliphatic rings. The quantitative estimate of drug-likeness (QED) is 0.604. The Hall–Kier alpha value is -0.130. The van der Waals surface area contributed by atoms with Crippen LogP contribution in [0, 0.1) is 18.3 Å². The van der Waals surface area contributed by atoms with Crippen LogP contribution in [0.25, 0.3) is 0 Å². The maximum Gasteiger partial charge on any atom is 0.0241 e. The molecular weight excluding hydrogens is 142 g/mol. The number of nitrogens with two attached hydrogens (primary N) is 1. The van der Waals surface area contributed by atoms with Crippen molar-refractivity contribution < 1.29 is 0 Å². The molecule has 10 heavy (non-hydrogen) atoms. The maximum atomic E-state index is 5.83. The second-order valence-corrected chi connectivity index (χ2v) is 3.85. The molecule has 0 aromatic rings. The number of terminal acetylenes is 1. The van der Waals surface area contributed by atoms with Crippen molar-refractivity contribution in [2.24, 2.45) is 11.7 Å². The van der Waals surface area contributed by atoms with Gasteiger partial charge in [0.05, 0.1) is 0 Å². The van der Waals surface area contributed by atoms with Crippen molar-refractivity contribution in [1.82, 2.24) is 0 Å². The standard InChI is InChI=1S/C8H13NS/c1-2-3-8(9)7-4-5-10-6-7/h1,7-8H,3-6,9H2. The largest absolute Gasteiger partial charge is 0.327 e. The van der Waals surface area contributed by atoms with E-state index in [1.165, 1.54) is 17.9 Å². The van der Waals surface area contributed by atoms with E-state index < -0.39 is 0 Å². The molecule has 0 aromatic heterocycles. The normalized spacial score (nSPS) is 27.8. The minimum absolute atomic E-state index is 0.250. The van der Waals surface area contributed by atoms with Crippen molar-refractivity contribution in [1.29, 1.82) is 0 Å². The van der Waals surface area contributed by atoms with Gasteiger partial charge in [0.1, 0.15) is 0 Å². The highest BCUT2D eigenvalue weighted by Crippen LogP contribution is 2.26. The zero-order valence-corrected chi connectivity index (χ0v) is 6.86. The fourth-order valence-corrected chi connectivity index (χ4v) is 2.55. The highest BCUT2D eigenvalue weighted by Gasteiger charge is 2.21. The molecule has 2 N–H and O–H groups in total. The fourth-order valence-electron chi connectivity index (χ4n) is 1.19. The van der Waals surface area contributed by atoms with Gasteiger partial charge in [-0.2, -0.15) is 11.8 Å². The lowest BCUT2D eigenvalue weighted by atomic mass is 9.98. The Kier molecular flexibility index (Phi) is 3.11. The highest BCUT2D eigenvalue weighted by molar-refractivity contribution is 7.99. The lowest BCUT2D eigenvalue weighted by Gasteiger charge is -2.14. The lowest BCUT2D eigenvalue weighted by molar-refractivity contribution is 0.473. The van der Waals surface area contributed by atoms with Gasteiger partial charge in [-0.15, -0.1) is 12.3 Å². The summed E-state index contributed by atoms with van der Waals surface area (Å²) in [6, 6.07) is 0.250. The molecule has 1 saturated heterocycles. The predicted molar refractivity (Wildman–Crippen MR) is 46.9 cm³/mol. The minimum Gasteiger partial charge on any atom is -0.327 e. The van der Waals surface area contributed by atoms with Crippen LogP contribution < -0.4 is 5.73 Å². The van der Waals surface area contributed by atoms with Gasteiger partial charge in [0, 0.05) is 12.5 Å². The Morgan fingerprint density at radius 3 is 3.10 bits per heavy atom. The first-order chi connectivity index (χ1) is 4.84. The van der Waals surface area contributed by atoms with Crippen molar-refractivity contribution >= 4 is 11.8 Å². The molecule has 56 valence electrons. The third kappa shape index (κ3) is 1.93. The van der Waals surface area contributed by atoms with Crippen molar-refractivity contribution in [3.8, 4) is 12.3 Å². The van der Waals surface area contributed by atoms with E-state index in [0.29, 0.717) is 5.92 Å². The molecule has 1 aliphatic heterocycles. The molecule has 0 aromatic carbocycles. The van der Waals surface area contributed by atoms with Gasteiger partial charge in [-0.3, -0.25) is 0 Å². The van der Waals surface area contributed by atoms with Gasteiger partial charge in [-0.1, -0.05) is 0 Å². The summed E-state index contributed by atoms with van der Waals surface area (Å²) in [5, 5.41) is 0. The van der Waals surface area contributed by atoms with E-state index in [9.17, 15) is 0 Å².